The smallest absolute Gasteiger partial charge is 0.306 e. The molecular weight excluding hydrogens is 973 g/mol. The van der Waals surface area contributed by atoms with E-state index in [0.29, 0.717) is 19.3 Å². The van der Waals surface area contributed by atoms with Crippen LogP contribution in [0.15, 0.2) is 48.6 Å². The number of ether oxygens (including phenoxy) is 3. The Labute approximate surface area is 492 Å². The molecule has 0 spiro atoms. The Morgan fingerprint density at radius 1 is 0.266 bits per heavy atom. The van der Waals surface area contributed by atoms with E-state index in [1.165, 1.54) is 257 Å². The van der Waals surface area contributed by atoms with Gasteiger partial charge >= 0.3 is 17.9 Å². The minimum Gasteiger partial charge on any atom is -0.462 e. The van der Waals surface area contributed by atoms with E-state index in [2.05, 4.69) is 69.4 Å². The molecule has 0 aliphatic heterocycles. The van der Waals surface area contributed by atoms with E-state index in [4.69, 9.17) is 14.2 Å². The zero-order valence-corrected chi connectivity index (χ0v) is 53.2. The topological polar surface area (TPSA) is 78.9 Å². The van der Waals surface area contributed by atoms with Gasteiger partial charge in [-0.3, -0.25) is 14.4 Å². The van der Waals surface area contributed by atoms with Crippen LogP contribution in [-0.4, -0.2) is 37.2 Å². The maximum atomic E-state index is 12.9. The summed E-state index contributed by atoms with van der Waals surface area (Å²) in [6.07, 6.45) is 85.6. The van der Waals surface area contributed by atoms with Gasteiger partial charge in [0.25, 0.3) is 0 Å². The number of carbonyl (C=O) groups excluding carboxylic acids is 3. The summed E-state index contributed by atoms with van der Waals surface area (Å²) in [6.45, 7) is 6.61. The van der Waals surface area contributed by atoms with E-state index in [1.807, 2.05) is 0 Å². The van der Waals surface area contributed by atoms with Crippen molar-refractivity contribution in [2.45, 2.75) is 386 Å². The van der Waals surface area contributed by atoms with Crippen LogP contribution in [0.25, 0.3) is 0 Å². The van der Waals surface area contributed by atoms with Crippen LogP contribution in [0, 0.1) is 0 Å². The van der Waals surface area contributed by atoms with Gasteiger partial charge in [0, 0.05) is 19.3 Å². The lowest BCUT2D eigenvalue weighted by Crippen LogP contribution is -2.30. The largest absolute Gasteiger partial charge is 0.462 e. The van der Waals surface area contributed by atoms with Crippen molar-refractivity contribution in [2.75, 3.05) is 13.2 Å². The van der Waals surface area contributed by atoms with Gasteiger partial charge in [0.1, 0.15) is 13.2 Å². The second kappa shape index (κ2) is 67.9. The highest BCUT2D eigenvalue weighted by Gasteiger charge is 2.19. The predicted molar refractivity (Wildman–Crippen MR) is 344 cm³/mol. The number of rotatable bonds is 65. The van der Waals surface area contributed by atoms with Gasteiger partial charge in [-0.1, -0.05) is 352 Å². The average molecular weight is 1110 g/mol. The molecule has 1 unspecified atom stereocenters. The zero-order valence-electron chi connectivity index (χ0n) is 53.2. The Bertz CT molecular complexity index is 1360. The fraction of sp³-hybridized carbons (Fsp3) is 0.849. The number of hydrogen-bond donors (Lipinski definition) is 0. The Hall–Kier alpha value is -2.63. The van der Waals surface area contributed by atoms with Gasteiger partial charge in [0.15, 0.2) is 6.10 Å². The Kier molecular flexibility index (Phi) is 65.6. The zero-order chi connectivity index (χ0) is 57.1. The average Bonchev–Trinajstić information content (AvgIpc) is 3.45. The lowest BCUT2D eigenvalue weighted by molar-refractivity contribution is -0.167. The second-order valence-electron chi connectivity index (χ2n) is 23.8. The first kappa shape index (κ1) is 76.4. The molecule has 0 fully saturated rings. The minimum absolute atomic E-state index is 0.0659. The Morgan fingerprint density at radius 2 is 0.494 bits per heavy atom. The van der Waals surface area contributed by atoms with Gasteiger partial charge in [-0.25, -0.2) is 0 Å². The molecule has 0 heterocycles. The van der Waals surface area contributed by atoms with Crippen molar-refractivity contribution in [1.29, 1.82) is 0 Å². The van der Waals surface area contributed by atoms with Crippen LogP contribution in [0.4, 0.5) is 0 Å². The number of unbranched alkanes of at least 4 members (excludes halogenated alkanes) is 46. The van der Waals surface area contributed by atoms with Crippen LogP contribution in [0.5, 0.6) is 0 Å². The van der Waals surface area contributed by atoms with Gasteiger partial charge < -0.3 is 14.2 Å². The summed E-state index contributed by atoms with van der Waals surface area (Å²) >= 11 is 0. The number of esters is 3. The molecule has 6 nitrogen and oxygen atoms in total. The van der Waals surface area contributed by atoms with Crippen molar-refractivity contribution in [2.24, 2.45) is 0 Å². The fourth-order valence-corrected chi connectivity index (χ4v) is 10.6. The first-order valence-electron chi connectivity index (χ1n) is 35.1. The van der Waals surface area contributed by atoms with E-state index < -0.39 is 6.10 Å². The standard InChI is InChI=1S/C73H134O6/c1-4-7-10-13-16-19-22-25-28-30-32-33-34-35-36-37-38-39-41-42-45-48-51-54-57-60-63-66-72(75)78-69-70(68-77-71(74)65-62-59-56-53-50-47-44-27-24-21-18-15-12-9-6-3)79-73(76)67-64-61-58-55-52-49-46-43-40-31-29-26-23-20-17-14-11-8-5-2/h7,10,16,19,25,28,32-33,70H,4-6,8-9,11-15,17-18,20-24,26-27,29-31,34-69H2,1-3H3/b10-7-,19-16-,28-25-,33-32-. The molecule has 0 aromatic carbocycles. The molecule has 0 aromatic heterocycles. The highest BCUT2D eigenvalue weighted by molar-refractivity contribution is 5.71. The maximum absolute atomic E-state index is 12.9. The molecule has 0 aliphatic carbocycles. The summed E-state index contributed by atoms with van der Waals surface area (Å²) in [5, 5.41) is 0. The molecule has 0 saturated heterocycles. The van der Waals surface area contributed by atoms with Crippen molar-refractivity contribution < 1.29 is 28.6 Å². The van der Waals surface area contributed by atoms with Gasteiger partial charge in [0.2, 0.25) is 0 Å². The summed E-state index contributed by atoms with van der Waals surface area (Å²) in [7, 11) is 0. The molecule has 1 atom stereocenters. The summed E-state index contributed by atoms with van der Waals surface area (Å²) in [5.74, 6) is -0.836. The highest BCUT2D eigenvalue weighted by atomic mass is 16.6. The van der Waals surface area contributed by atoms with Crippen molar-refractivity contribution in [3.63, 3.8) is 0 Å². The van der Waals surface area contributed by atoms with Crippen LogP contribution < -0.4 is 0 Å². The SMILES string of the molecule is CC/C=C\C/C=C\C/C=C\C/C=C\CCCCCCCCCCCCCCCCC(=O)OCC(COC(=O)CCCCCCCCCCCCCCCCC)OC(=O)CCCCCCCCCCCCCCCCCCCCC. The molecule has 462 valence electrons. The van der Waals surface area contributed by atoms with E-state index in [0.717, 1.165) is 83.5 Å². The fourth-order valence-electron chi connectivity index (χ4n) is 10.6. The number of hydrogen-bond acceptors (Lipinski definition) is 6. The molecule has 0 radical (unpaired) electrons. The molecule has 0 N–H and O–H groups in total. The van der Waals surface area contributed by atoms with Gasteiger partial charge in [-0.15, -0.1) is 0 Å². The number of carbonyl (C=O) groups is 3. The van der Waals surface area contributed by atoms with Crippen LogP contribution in [-0.2, 0) is 28.6 Å². The van der Waals surface area contributed by atoms with Crippen LogP contribution >= 0.6 is 0 Å². The Balaban J connectivity index is 4.25. The third kappa shape index (κ3) is 66.1. The molecule has 6 heteroatoms. The van der Waals surface area contributed by atoms with Gasteiger partial charge in [0.05, 0.1) is 0 Å². The van der Waals surface area contributed by atoms with Gasteiger partial charge in [-0.2, -0.15) is 0 Å². The molecule has 0 aromatic rings. The van der Waals surface area contributed by atoms with E-state index in [-0.39, 0.29) is 31.1 Å². The Morgan fingerprint density at radius 3 is 0.772 bits per heavy atom. The number of allylic oxidation sites excluding steroid dienone is 8. The van der Waals surface area contributed by atoms with Crippen LogP contribution in [0.2, 0.25) is 0 Å². The molecular formula is C73H134O6. The quantitative estimate of drug-likeness (QED) is 0.0261. The van der Waals surface area contributed by atoms with Crippen molar-refractivity contribution >= 4 is 17.9 Å². The molecule has 79 heavy (non-hydrogen) atoms. The summed E-state index contributed by atoms with van der Waals surface area (Å²) in [5.41, 5.74) is 0. The van der Waals surface area contributed by atoms with Crippen molar-refractivity contribution in [3.8, 4) is 0 Å². The minimum atomic E-state index is -0.770. The van der Waals surface area contributed by atoms with E-state index in [9.17, 15) is 14.4 Å². The summed E-state index contributed by atoms with van der Waals surface area (Å²) < 4.78 is 17.0. The first-order valence-corrected chi connectivity index (χ1v) is 35.1. The first-order chi connectivity index (χ1) is 39.0. The third-order valence-electron chi connectivity index (χ3n) is 15.8. The third-order valence-corrected chi connectivity index (χ3v) is 15.8. The monoisotopic (exact) mass is 1110 g/mol. The summed E-state index contributed by atoms with van der Waals surface area (Å²) in [6, 6.07) is 0. The molecule has 0 rings (SSSR count). The van der Waals surface area contributed by atoms with E-state index in [1.54, 1.807) is 0 Å². The lowest BCUT2D eigenvalue weighted by Gasteiger charge is -2.18. The van der Waals surface area contributed by atoms with Crippen molar-refractivity contribution in [3.05, 3.63) is 48.6 Å². The molecule has 0 amide bonds. The second-order valence-corrected chi connectivity index (χ2v) is 23.8. The molecule has 0 saturated carbocycles. The summed E-state index contributed by atoms with van der Waals surface area (Å²) in [4.78, 5) is 38.4. The molecule has 0 bridgehead atoms. The normalized spacial score (nSPS) is 12.3. The van der Waals surface area contributed by atoms with E-state index >= 15 is 0 Å². The van der Waals surface area contributed by atoms with Gasteiger partial charge in [-0.05, 0) is 57.8 Å². The predicted octanol–water partition coefficient (Wildman–Crippen LogP) is 24.1. The van der Waals surface area contributed by atoms with Crippen LogP contribution in [0.1, 0.15) is 380 Å². The highest BCUT2D eigenvalue weighted by Crippen LogP contribution is 2.19. The molecule has 0 aliphatic rings. The lowest BCUT2D eigenvalue weighted by atomic mass is 10.0. The van der Waals surface area contributed by atoms with Crippen LogP contribution in [0.3, 0.4) is 0 Å². The van der Waals surface area contributed by atoms with Crippen molar-refractivity contribution in [1.82, 2.24) is 0 Å². The maximum Gasteiger partial charge on any atom is 0.306 e.